The standard InChI is InChI=1S/C29H41ClN2O4S/c1-36-21-8-9-25-23(18-21)28(24(30)20-31-25)26(33)10-11-29(19-27(34)35)12-15-32(16-13-29)14-5-17-37-22-6-3-2-4-7-22/h8-9,18,20,22,26,33H,2-7,10-17,19H2,1H3,(H,34,35). The molecule has 1 aliphatic carbocycles. The van der Waals surface area contributed by atoms with Crippen LogP contribution < -0.4 is 4.74 Å². The number of aromatic nitrogens is 1. The van der Waals surface area contributed by atoms with E-state index in [9.17, 15) is 15.0 Å². The number of methoxy groups -OCH3 is 1. The number of piperidine rings is 1. The van der Waals surface area contributed by atoms with Gasteiger partial charge in [0.25, 0.3) is 0 Å². The van der Waals surface area contributed by atoms with Gasteiger partial charge < -0.3 is 19.8 Å². The summed E-state index contributed by atoms with van der Waals surface area (Å²) in [6.45, 7) is 2.94. The number of aliphatic hydroxyl groups excluding tert-OH is 1. The van der Waals surface area contributed by atoms with Crippen molar-refractivity contribution in [2.75, 3.05) is 32.5 Å². The Morgan fingerprint density at radius 1 is 1.27 bits per heavy atom. The molecule has 0 radical (unpaired) electrons. The first-order valence-corrected chi connectivity index (χ1v) is 15.2. The van der Waals surface area contributed by atoms with E-state index >= 15 is 0 Å². The maximum atomic E-state index is 11.8. The lowest BCUT2D eigenvalue weighted by Gasteiger charge is -2.41. The van der Waals surface area contributed by atoms with E-state index in [1.165, 1.54) is 44.3 Å². The zero-order valence-corrected chi connectivity index (χ0v) is 23.5. The van der Waals surface area contributed by atoms with Gasteiger partial charge >= 0.3 is 5.97 Å². The Morgan fingerprint density at radius 3 is 2.73 bits per heavy atom. The Hall–Kier alpha value is -1.54. The van der Waals surface area contributed by atoms with Gasteiger partial charge in [-0.1, -0.05) is 30.9 Å². The van der Waals surface area contributed by atoms with E-state index < -0.39 is 12.1 Å². The fourth-order valence-corrected chi connectivity index (χ4v) is 7.65. The van der Waals surface area contributed by atoms with Gasteiger partial charge in [-0.3, -0.25) is 9.78 Å². The summed E-state index contributed by atoms with van der Waals surface area (Å²) in [5.41, 5.74) is 1.09. The van der Waals surface area contributed by atoms with Gasteiger partial charge in [0.2, 0.25) is 0 Å². The van der Waals surface area contributed by atoms with Crippen molar-refractivity contribution in [1.29, 1.82) is 0 Å². The number of nitrogens with zero attached hydrogens (tertiary/aromatic N) is 2. The number of carboxylic acid groups (broad SMARTS) is 1. The van der Waals surface area contributed by atoms with Crippen LogP contribution in [-0.2, 0) is 4.79 Å². The van der Waals surface area contributed by atoms with E-state index in [1.807, 2.05) is 18.2 Å². The Kier molecular flexibility index (Phi) is 10.4. The minimum Gasteiger partial charge on any atom is -0.497 e. The average molecular weight is 549 g/mol. The summed E-state index contributed by atoms with van der Waals surface area (Å²) in [7, 11) is 1.60. The van der Waals surface area contributed by atoms with Crippen LogP contribution in [0.1, 0.15) is 82.3 Å². The fourth-order valence-electron chi connectivity index (χ4n) is 6.08. The molecular weight excluding hydrogens is 508 g/mol. The predicted molar refractivity (Wildman–Crippen MR) is 152 cm³/mol. The van der Waals surface area contributed by atoms with Crippen molar-refractivity contribution < 1.29 is 19.7 Å². The molecule has 1 saturated heterocycles. The van der Waals surface area contributed by atoms with Gasteiger partial charge in [0.05, 0.1) is 30.2 Å². The molecule has 0 bridgehead atoms. The summed E-state index contributed by atoms with van der Waals surface area (Å²) >= 11 is 8.65. The lowest BCUT2D eigenvalue weighted by molar-refractivity contribution is -0.141. The van der Waals surface area contributed by atoms with Crippen molar-refractivity contribution >= 4 is 40.2 Å². The van der Waals surface area contributed by atoms with Crippen molar-refractivity contribution in [3.63, 3.8) is 0 Å². The molecule has 0 amide bonds. The molecule has 2 aromatic rings. The summed E-state index contributed by atoms with van der Waals surface area (Å²) in [4.78, 5) is 18.7. The Labute approximate surface area is 230 Å². The van der Waals surface area contributed by atoms with Crippen LogP contribution in [0.2, 0.25) is 5.02 Å². The van der Waals surface area contributed by atoms with Crippen LogP contribution in [0.25, 0.3) is 10.9 Å². The van der Waals surface area contributed by atoms with Gasteiger partial charge in [-0.05, 0) is 93.9 Å². The number of hydrogen-bond acceptors (Lipinski definition) is 6. The predicted octanol–water partition coefficient (Wildman–Crippen LogP) is 6.72. The zero-order valence-electron chi connectivity index (χ0n) is 22.0. The van der Waals surface area contributed by atoms with Crippen LogP contribution in [-0.4, -0.2) is 63.8 Å². The smallest absolute Gasteiger partial charge is 0.303 e. The second kappa shape index (κ2) is 13.5. The molecule has 8 heteroatoms. The van der Waals surface area contributed by atoms with Crippen molar-refractivity contribution in [3.05, 3.63) is 35.0 Å². The number of aliphatic hydroxyl groups is 1. The van der Waals surface area contributed by atoms with Crippen LogP contribution >= 0.6 is 23.4 Å². The third kappa shape index (κ3) is 7.75. The fraction of sp³-hybridized carbons (Fsp3) is 0.655. The molecule has 1 aliphatic heterocycles. The molecule has 1 aromatic carbocycles. The monoisotopic (exact) mass is 548 g/mol. The van der Waals surface area contributed by atoms with Crippen LogP contribution in [0.4, 0.5) is 0 Å². The highest BCUT2D eigenvalue weighted by atomic mass is 35.5. The molecule has 2 fully saturated rings. The summed E-state index contributed by atoms with van der Waals surface area (Å²) in [5.74, 6) is 1.14. The first kappa shape index (κ1) is 28.5. The number of thioether (sulfide) groups is 1. The Bertz CT molecular complexity index is 1040. The molecule has 1 saturated carbocycles. The van der Waals surface area contributed by atoms with Crippen LogP contribution in [0.5, 0.6) is 5.75 Å². The van der Waals surface area contributed by atoms with E-state index in [0.717, 1.165) is 48.6 Å². The molecule has 2 aliphatic rings. The molecule has 2 N–H and O–H groups in total. The number of rotatable bonds is 12. The normalized spacial score (nSPS) is 19.6. The number of carboxylic acids is 1. The lowest BCUT2D eigenvalue weighted by atomic mass is 9.71. The number of aliphatic carboxylic acids is 1. The van der Waals surface area contributed by atoms with E-state index in [-0.39, 0.29) is 11.8 Å². The third-order valence-electron chi connectivity index (χ3n) is 8.32. The molecule has 204 valence electrons. The molecule has 4 rings (SSSR count). The van der Waals surface area contributed by atoms with Gasteiger partial charge in [0.1, 0.15) is 5.75 Å². The van der Waals surface area contributed by atoms with Gasteiger partial charge in [-0.2, -0.15) is 11.8 Å². The number of fused-ring (bicyclic) bond motifs is 1. The SMILES string of the molecule is COc1ccc2ncc(Cl)c(C(O)CCC3(CC(=O)O)CCN(CCCSC4CCCCC4)CC3)c2c1. The summed E-state index contributed by atoms with van der Waals surface area (Å²) < 4.78 is 5.36. The van der Waals surface area contributed by atoms with Crippen LogP contribution in [0, 0.1) is 5.41 Å². The molecule has 6 nitrogen and oxygen atoms in total. The minimum absolute atomic E-state index is 0.143. The van der Waals surface area contributed by atoms with E-state index in [4.69, 9.17) is 16.3 Å². The van der Waals surface area contributed by atoms with Gasteiger partial charge in [-0.15, -0.1) is 0 Å². The molecule has 1 atom stereocenters. The molecule has 37 heavy (non-hydrogen) atoms. The number of hydrogen-bond donors (Lipinski definition) is 2. The second-order valence-electron chi connectivity index (χ2n) is 10.9. The number of likely N-dealkylation sites (tertiary alicyclic amines) is 1. The van der Waals surface area contributed by atoms with Crippen molar-refractivity contribution in [1.82, 2.24) is 9.88 Å². The quantitative estimate of drug-likeness (QED) is 0.285. The van der Waals surface area contributed by atoms with Crippen molar-refractivity contribution in [3.8, 4) is 5.75 Å². The highest BCUT2D eigenvalue weighted by Crippen LogP contribution is 2.43. The summed E-state index contributed by atoms with van der Waals surface area (Å²) in [6, 6.07) is 5.55. The maximum absolute atomic E-state index is 11.8. The Balaban J connectivity index is 1.33. The third-order valence-corrected chi connectivity index (χ3v) is 10.1. The number of halogens is 1. The lowest BCUT2D eigenvalue weighted by Crippen LogP contribution is -2.41. The molecule has 2 heterocycles. The van der Waals surface area contributed by atoms with Crippen molar-refractivity contribution in [2.24, 2.45) is 5.41 Å². The highest BCUT2D eigenvalue weighted by Gasteiger charge is 2.37. The minimum atomic E-state index is -0.800. The van der Waals surface area contributed by atoms with Gasteiger partial charge in [0.15, 0.2) is 0 Å². The van der Waals surface area contributed by atoms with Crippen molar-refractivity contribution in [2.45, 2.75) is 82.0 Å². The number of carbonyl (C=O) groups is 1. The first-order valence-electron chi connectivity index (χ1n) is 13.8. The van der Waals surface area contributed by atoms with E-state index in [2.05, 4.69) is 21.6 Å². The average Bonchev–Trinajstić information content (AvgIpc) is 2.90. The maximum Gasteiger partial charge on any atom is 0.303 e. The zero-order chi connectivity index (χ0) is 26.3. The summed E-state index contributed by atoms with van der Waals surface area (Å²) in [6.07, 6.45) is 11.9. The summed E-state index contributed by atoms with van der Waals surface area (Å²) in [5, 5.41) is 23.0. The van der Waals surface area contributed by atoms with E-state index in [1.54, 1.807) is 13.3 Å². The topological polar surface area (TPSA) is 82.9 Å². The molecular formula is C29H41ClN2O4S. The Morgan fingerprint density at radius 2 is 2.03 bits per heavy atom. The van der Waals surface area contributed by atoms with Crippen LogP contribution in [0.15, 0.2) is 24.4 Å². The number of benzene rings is 1. The second-order valence-corrected chi connectivity index (χ2v) is 12.7. The largest absolute Gasteiger partial charge is 0.497 e. The molecule has 1 unspecified atom stereocenters. The molecule has 0 spiro atoms. The number of ether oxygens (including phenoxy) is 1. The van der Waals surface area contributed by atoms with Gasteiger partial charge in [-0.25, -0.2) is 0 Å². The number of pyridine rings is 1. The van der Waals surface area contributed by atoms with E-state index in [0.29, 0.717) is 29.2 Å². The van der Waals surface area contributed by atoms with Crippen LogP contribution in [0.3, 0.4) is 0 Å². The highest BCUT2D eigenvalue weighted by molar-refractivity contribution is 7.99. The van der Waals surface area contributed by atoms with Gasteiger partial charge in [0, 0.05) is 22.4 Å². The molecule has 1 aromatic heterocycles. The first-order chi connectivity index (χ1) is 17.9.